The average molecular weight is 538 g/mol. The van der Waals surface area contributed by atoms with Crippen molar-refractivity contribution in [2.75, 3.05) is 0 Å². The molecule has 12 nitrogen and oxygen atoms in total. The summed E-state index contributed by atoms with van der Waals surface area (Å²) in [6.45, 7) is 3.20. The molecule has 6 N–H and O–H groups in total. The molecule has 0 spiro atoms. The normalized spacial score (nSPS) is 13.4. The van der Waals surface area contributed by atoms with Crippen molar-refractivity contribution in [1.29, 1.82) is 0 Å². The zero-order valence-corrected chi connectivity index (χ0v) is 21.5. The van der Waals surface area contributed by atoms with Gasteiger partial charge >= 0.3 is 11.7 Å². The SMILES string of the molecule is CC(C)C(NC(=O)C(CCC(N)=O)NC(=O)C(Cc1ccccc1)n1c(=O)[nH]c2ccccc2c1=O)C(=O)O. The van der Waals surface area contributed by atoms with Crippen LogP contribution >= 0.6 is 0 Å². The van der Waals surface area contributed by atoms with Crippen molar-refractivity contribution >= 4 is 34.6 Å². The van der Waals surface area contributed by atoms with Crippen LogP contribution in [0.2, 0.25) is 0 Å². The zero-order valence-electron chi connectivity index (χ0n) is 21.5. The number of hydrogen-bond donors (Lipinski definition) is 5. The fourth-order valence-corrected chi connectivity index (χ4v) is 4.19. The molecule has 0 aliphatic carbocycles. The van der Waals surface area contributed by atoms with E-state index < -0.39 is 59.0 Å². The first-order valence-corrected chi connectivity index (χ1v) is 12.4. The van der Waals surface area contributed by atoms with Crippen molar-refractivity contribution in [2.45, 2.75) is 51.2 Å². The predicted octanol–water partition coefficient (Wildman–Crippen LogP) is 0.449. The number of benzene rings is 2. The molecule has 2 aromatic carbocycles. The molecule has 0 bridgehead atoms. The van der Waals surface area contributed by atoms with Gasteiger partial charge in [-0.05, 0) is 30.0 Å². The van der Waals surface area contributed by atoms with Crippen LogP contribution in [0.15, 0.2) is 64.2 Å². The summed E-state index contributed by atoms with van der Waals surface area (Å²) in [6.07, 6.45) is -0.572. The highest BCUT2D eigenvalue weighted by atomic mass is 16.4. The fourth-order valence-electron chi connectivity index (χ4n) is 4.19. The number of aromatic nitrogens is 2. The number of amides is 3. The highest BCUT2D eigenvalue weighted by Crippen LogP contribution is 2.15. The number of carbonyl (C=O) groups is 4. The number of nitrogens with zero attached hydrogens (tertiary/aromatic N) is 1. The van der Waals surface area contributed by atoms with Gasteiger partial charge in [-0.1, -0.05) is 56.3 Å². The topological polar surface area (TPSA) is 193 Å². The number of H-pyrrole nitrogens is 1. The van der Waals surface area contributed by atoms with E-state index in [0.29, 0.717) is 11.1 Å². The number of fused-ring (bicyclic) bond motifs is 1. The lowest BCUT2D eigenvalue weighted by molar-refractivity contribution is -0.143. The van der Waals surface area contributed by atoms with Crippen molar-refractivity contribution in [3.63, 3.8) is 0 Å². The minimum Gasteiger partial charge on any atom is -0.480 e. The molecule has 0 fully saturated rings. The van der Waals surface area contributed by atoms with E-state index in [9.17, 15) is 33.9 Å². The third kappa shape index (κ3) is 7.18. The van der Waals surface area contributed by atoms with Gasteiger partial charge in [0.1, 0.15) is 18.1 Å². The number of primary amides is 1. The molecule has 3 amide bonds. The molecule has 1 heterocycles. The van der Waals surface area contributed by atoms with Crippen LogP contribution < -0.4 is 27.6 Å². The lowest BCUT2D eigenvalue weighted by Crippen LogP contribution is -2.55. The van der Waals surface area contributed by atoms with E-state index in [1.54, 1.807) is 62.4 Å². The van der Waals surface area contributed by atoms with Gasteiger partial charge in [0.25, 0.3) is 5.56 Å². The lowest BCUT2D eigenvalue weighted by atomic mass is 10.0. The summed E-state index contributed by atoms with van der Waals surface area (Å²) in [5.41, 5.74) is 4.67. The van der Waals surface area contributed by atoms with Gasteiger partial charge in [-0.3, -0.25) is 19.2 Å². The highest BCUT2D eigenvalue weighted by molar-refractivity contribution is 5.92. The van der Waals surface area contributed by atoms with Gasteiger partial charge in [0.15, 0.2) is 0 Å². The van der Waals surface area contributed by atoms with Crippen LogP contribution in [0, 0.1) is 5.92 Å². The van der Waals surface area contributed by atoms with E-state index in [4.69, 9.17) is 5.73 Å². The maximum Gasteiger partial charge on any atom is 0.329 e. The first-order valence-electron chi connectivity index (χ1n) is 12.4. The Bertz CT molecular complexity index is 1480. The molecule has 0 aliphatic heterocycles. The number of carboxylic acids is 1. The van der Waals surface area contributed by atoms with Crippen LogP contribution in [0.3, 0.4) is 0 Å². The molecule has 3 aromatic rings. The zero-order chi connectivity index (χ0) is 28.7. The minimum atomic E-state index is -1.38. The number of nitrogens with two attached hydrogens (primary N) is 1. The number of nitrogens with one attached hydrogen (secondary N) is 3. The van der Waals surface area contributed by atoms with Gasteiger partial charge in [-0.2, -0.15) is 0 Å². The molecule has 0 aliphatic rings. The van der Waals surface area contributed by atoms with Crippen molar-refractivity contribution in [3.8, 4) is 0 Å². The third-order valence-electron chi connectivity index (χ3n) is 6.27. The van der Waals surface area contributed by atoms with Crippen molar-refractivity contribution < 1.29 is 24.3 Å². The Kier molecular flexibility index (Phi) is 9.37. The summed E-state index contributed by atoms with van der Waals surface area (Å²) < 4.78 is 0.794. The van der Waals surface area contributed by atoms with Crippen LogP contribution in [0.4, 0.5) is 0 Å². The summed E-state index contributed by atoms with van der Waals surface area (Å²) >= 11 is 0. The molecule has 0 radical (unpaired) electrons. The number of hydrogen-bond acceptors (Lipinski definition) is 6. The molecule has 3 rings (SSSR count). The van der Waals surface area contributed by atoms with Gasteiger partial charge in [0.2, 0.25) is 17.7 Å². The number of carbonyl (C=O) groups excluding carboxylic acids is 3. The predicted molar refractivity (Wildman–Crippen MR) is 143 cm³/mol. The van der Waals surface area contributed by atoms with Crippen LogP contribution in [-0.4, -0.2) is 50.4 Å². The molecule has 1 aromatic heterocycles. The summed E-state index contributed by atoms with van der Waals surface area (Å²) in [5.74, 6) is -4.16. The third-order valence-corrected chi connectivity index (χ3v) is 6.27. The minimum absolute atomic E-state index is 0.0676. The second kappa shape index (κ2) is 12.7. The molecule has 12 heteroatoms. The summed E-state index contributed by atoms with van der Waals surface area (Å²) in [5, 5.41) is 14.5. The van der Waals surface area contributed by atoms with E-state index in [1.807, 2.05) is 0 Å². The Morgan fingerprint density at radius 1 is 0.949 bits per heavy atom. The monoisotopic (exact) mass is 537 g/mol. The first kappa shape index (κ1) is 28.8. The number of rotatable bonds is 12. The van der Waals surface area contributed by atoms with Gasteiger partial charge in [0.05, 0.1) is 10.9 Å². The van der Waals surface area contributed by atoms with Gasteiger partial charge in [-0.15, -0.1) is 0 Å². The summed E-state index contributed by atoms with van der Waals surface area (Å²) in [4.78, 5) is 78.8. The van der Waals surface area contributed by atoms with E-state index in [0.717, 1.165) is 4.57 Å². The van der Waals surface area contributed by atoms with E-state index in [1.165, 1.54) is 6.07 Å². The second-order valence-corrected chi connectivity index (χ2v) is 9.49. The Labute approximate surface area is 223 Å². The van der Waals surface area contributed by atoms with Crippen LogP contribution in [0.5, 0.6) is 0 Å². The average Bonchev–Trinajstić information content (AvgIpc) is 2.88. The van der Waals surface area contributed by atoms with Crippen molar-refractivity contribution in [2.24, 2.45) is 11.7 Å². The van der Waals surface area contributed by atoms with Crippen LogP contribution in [0.1, 0.15) is 38.3 Å². The standard InChI is InChI=1S/C27H31N5O7/c1-15(2)22(26(37)38)31-23(34)19(12-13-21(28)33)29-24(35)20(14-16-8-4-3-5-9-16)32-25(36)17-10-6-7-11-18(17)30-27(32)39/h3-11,15,19-20,22H,12-14H2,1-2H3,(H2,28,33)(H,29,35)(H,30,39)(H,31,34)(H,37,38). The largest absolute Gasteiger partial charge is 0.480 e. The molecule has 206 valence electrons. The molecule has 3 atom stereocenters. The smallest absolute Gasteiger partial charge is 0.329 e. The van der Waals surface area contributed by atoms with Crippen molar-refractivity contribution in [3.05, 3.63) is 81.0 Å². The molecular formula is C27H31N5O7. The Morgan fingerprint density at radius 2 is 1.59 bits per heavy atom. The fraction of sp³-hybridized carbons (Fsp3) is 0.333. The molecule has 39 heavy (non-hydrogen) atoms. The second-order valence-electron chi connectivity index (χ2n) is 9.49. The van der Waals surface area contributed by atoms with Gasteiger partial charge in [-0.25, -0.2) is 14.2 Å². The number of aliphatic carboxylic acids is 1. The Hall–Kier alpha value is -4.74. The maximum absolute atomic E-state index is 13.7. The van der Waals surface area contributed by atoms with E-state index in [2.05, 4.69) is 15.6 Å². The number of para-hydroxylation sites is 1. The number of carboxylic acid groups (broad SMARTS) is 1. The van der Waals surface area contributed by atoms with E-state index >= 15 is 0 Å². The molecule has 0 saturated heterocycles. The van der Waals surface area contributed by atoms with Crippen LogP contribution in [0.25, 0.3) is 10.9 Å². The maximum atomic E-state index is 13.7. The van der Waals surface area contributed by atoms with Gasteiger partial charge in [0, 0.05) is 12.8 Å². The Balaban J connectivity index is 2.02. The Morgan fingerprint density at radius 3 is 2.21 bits per heavy atom. The number of aromatic amines is 1. The highest BCUT2D eigenvalue weighted by Gasteiger charge is 2.32. The summed E-state index contributed by atoms with van der Waals surface area (Å²) in [7, 11) is 0. The van der Waals surface area contributed by atoms with Gasteiger partial charge < -0.3 is 26.5 Å². The molecule has 0 saturated carbocycles. The lowest BCUT2D eigenvalue weighted by Gasteiger charge is -2.25. The first-order chi connectivity index (χ1) is 18.5. The molecular weight excluding hydrogens is 506 g/mol. The van der Waals surface area contributed by atoms with Crippen LogP contribution in [-0.2, 0) is 25.6 Å². The summed E-state index contributed by atoms with van der Waals surface area (Å²) in [6, 6.07) is 11.0. The van der Waals surface area contributed by atoms with Crippen molar-refractivity contribution in [1.82, 2.24) is 20.2 Å². The molecule has 3 unspecified atom stereocenters. The van der Waals surface area contributed by atoms with E-state index in [-0.39, 0.29) is 24.6 Å². The quantitative estimate of drug-likeness (QED) is 0.221.